The van der Waals surface area contributed by atoms with E-state index in [4.69, 9.17) is 4.74 Å². The largest absolute Gasteiger partial charge is 0.494 e. The number of amides is 2. The lowest BCUT2D eigenvalue weighted by Gasteiger charge is -2.32. The van der Waals surface area contributed by atoms with Crippen LogP contribution < -0.4 is 10.1 Å². The van der Waals surface area contributed by atoms with E-state index in [9.17, 15) is 9.59 Å². The number of aromatic nitrogens is 1. The zero-order chi connectivity index (χ0) is 19.1. The number of piperidine rings is 1. The third-order valence-corrected chi connectivity index (χ3v) is 4.79. The highest BCUT2D eigenvalue weighted by Crippen LogP contribution is 2.19. The number of hydrogen-bond donors (Lipinski definition) is 1. The standard InChI is InChI=1S/C21H25N3O3/c1-2-27-19-7-5-17(6-8-19)20(25)23-14-16-9-12-24(13-10-16)21(26)18-4-3-11-22-15-18/h3-8,11,15-16H,2,9-10,12-14H2,1H3,(H,23,25). The van der Waals surface area contributed by atoms with E-state index >= 15 is 0 Å². The van der Waals surface area contributed by atoms with Crippen LogP contribution in [0.2, 0.25) is 0 Å². The summed E-state index contributed by atoms with van der Waals surface area (Å²) < 4.78 is 5.39. The second kappa shape index (κ2) is 9.16. The van der Waals surface area contributed by atoms with E-state index in [2.05, 4.69) is 10.3 Å². The van der Waals surface area contributed by atoms with Crippen LogP contribution in [0.15, 0.2) is 48.8 Å². The fourth-order valence-electron chi connectivity index (χ4n) is 3.22. The van der Waals surface area contributed by atoms with E-state index in [0.717, 1.165) is 18.6 Å². The van der Waals surface area contributed by atoms with Gasteiger partial charge >= 0.3 is 0 Å². The molecule has 0 radical (unpaired) electrons. The van der Waals surface area contributed by atoms with Crippen LogP contribution in [0.5, 0.6) is 5.75 Å². The minimum Gasteiger partial charge on any atom is -0.494 e. The lowest BCUT2D eigenvalue weighted by molar-refractivity contribution is 0.0684. The summed E-state index contributed by atoms with van der Waals surface area (Å²) in [5.41, 5.74) is 1.25. The van der Waals surface area contributed by atoms with Gasteiger partial charge in [-0.2, -0.15) is 0 Å². The lowest BCUT2D eigenvalue weighted by Crippen LogP contribution is -2.41. The molecule has 1 fully saturated rings. The Bertz CT molecular complexity index is 754. The Kier molecular flexibility index (Phi) is 6.41. The number of carbonyl (C=O) groups is 2. The maximum atomic E-state index is 12.4. The van der Waals surface area contributed by atoms with Gasteiger partial charge in [-0.25, -0.2) is 0 Å². The number of pyridine rings is 1. The minimum atomic E-state index is -0.0769. The van der Waals surface area contributed by atoms with Crippen molar-refractivity contribution in [3.8, 4) is 5.75 Å². The molecule has 2 amide bonds. The quantitative estimate of drug-likeness (QED) is 0.852. The second-order valence-electron chi connectivity index (χ2n) is 6.64. The highest BCUT2D eigenvalue weighted by molar-refractivity contribution is 5.94. The number of likely N-dealkylation sites (tertiary alicyclic amines) is 1. The molecule has 0 atom stereocenters. The SMILES string of the molecule is CCOc1ccc(C(=O)NCC2CCN(C(=O)c3cccnc3)CC2)cc1. The molecule has 27 heavy (non-hydrogen) atoms. The number of hydrogen-bond acceptors (Lipinski definition) is 4. The first kappa shape index (κ1) is 18.9. The average Bonchev–Trinajstić information content (AvgIpc) is 2.73. The van der Waals surface area contributed by atoms with Crippen LogP contribution in [-0.2, 0) is 0 Å². The Morgan fingerprint density at radius 1 is 1.15 bits per heavy atom. The summed E-state index contributed by atoms with van der Waals surface area (Å²) in [6.07, 6.45) is 5.03. The molecule has 0 spiro atoms. The Morgan fingerprint density at radius 2 is 1.89 bits per heavy atom. The van der Waals surface area contributed by atoms with Gasteiger partial charge in [0.25, 0.3) is 11.8 Å². The Hall–Kier alpha value is -2.89. The van der Waals surface area contributed by atoms with Crippen molar-refractivity contribution >= 4 is 11.8 Å². The topological polar surface area (TPSA) is 71.5 Å². The summed E-state index contributed by atoms with van der Waals surface area (Å²) in [5, 5.41) is 3.00. The summed E-state index contributed by atoms with van der Waals surface area (Å²) in [4.78, 5) is 30.6. The van der Waals surface area contributed by atoms with E-state index < -0.39 is 0 Å². The van der Waals surface area contributed by atoms with Gasteiger partial charge in [0, 0.05) is 37.6 Å². The molecule has 3 rings (SSSR count). The monoisotopic (exact) mass is 367 g/mol. The maximum Gasteiger partial charge on any atom is 0.255 e. The maximum absolute atomic E-state index is 12.4. The summed E-state index contributed by atoms with van der Waals surface area (Å²) in [6, 6.07) is 10.7. The van der Waals surface area contributed by atoms with Crippen molar-refractivity contribution in [3.63, 3.8) is 0 Å². The van der Waals surface area contributed by atoms with Gasteiger partial charge in [0.15, 0.2) is 0 Å². The normalized spacial score (nSPS) is 14.6. The molecular weight excluding hydrogens is 342 g/mol. The smallest absolute Gasteiger partial charge is 0.255 e. The van der Waals surface area contributed by atoms with E-state index in [1.54, 1.807) is 48.8 Å². The number of ether oxygens (including phenoxy) is 1. The van der Waals surface area contributed by atoms with Crippen LogP contribution in [0.4, 0.5) is 0 Å². The summed E-state index contributed by atoms with van der Waals surface area (Å²) in [7, 11) is 0. The van der Waals surface area contributed by atoms with Crippen molar-refractivity contribution < 1.29 is 14.3 Å². The van der Waals surface area contributed by atoms with Crippen molar-refractivity contribution in [1.82, 2.24) is 15.2 Å². The molecule has 2 aromatic rings. The van der Waals surface area contributed by atoms with E-state index in [-0.39, 0.29) is 11.8 Å². The number of carbonyl (C=O) groups excluding carboxylic acids is 2. The van der Waals surface area contributed by atoms with Gasteiger partial charge in [-0.3, -0.25) is 14.6 Å². The molecule has 1 aliphatic heterocycles. The Labute approximate surface area is 159 Å². The number of nitrogens with zero attached hydrogens (tertiary/aromatic N) is 2. The third kappa shape index (κ3) is 5.06. The zero-order valence-electron chi connectivity index (χ0n) is 15.6. The fraction of sp³-hybridized carbons (Fsp3) is 0.381. The zero-order valence-corrected chi connectivity index (χ0v) is 15.6. The van der Waals surface area contributed by atoms with Gasteiger partial charge in [-0.05, 0) is 62.1 Å². The van der Waals surface area contributed by atoms with E-state index in [1.165, 1.54) is 0 Å². The Balaban J connectivity index is 1.44. The van der Waals surface area contributed by atoms with Crippen molar-refractivity contribution in [3.05, 3.63) is 59.9 Å². The van der Waals surface area contributed by atoms with Crippen LogP contribution in [0, 0.1) is 5.92 Å². The molecule has 142 valence electrons. The van der Waals surface area contributed by atoms with Crippen LogP contribution >= 0.6 is 0 Å². The van der Waals surface area contributed by atoms with Gasteiger partial charge < -0.3 is 15.0 Å². The van der Waals surface area contributed by atoms with Crippen LogP contribution in [0.3, 0.4) is 0 Å². The highest BCUT2D eigenvalue weighted by atomic mass is 16.5. The van der Waals surface area contributed by atoms with Gasteiger partial charge in [0.05, 0.1) is 12.2 Å². The van der Waals surface area contributed by atoms with Crippen LogP contribution in [0.1, 0.15) is 40.5 Å². The molecule has 1 N–H and O–H groups in total. The predicted octanol–water partition coefficient (Wildman–Crippen LogP) is 2.76. The fourth-order valence-corrected chi connectivity index (χ4v) is 3.22. The molecule has 1 saturated heterocycles. The van der Waals surface area contributed by atoms with E-state index in [0.29, 0.717) is 43.3 Å². The molecular formula is C21H25N3O3. The van der Waals surface area contributed by atoms with Gasteiger partial charge in [0.2, 0.25) is 0 Å². The molecule has 1 aromatic heterocycles. The summed E-state index contributed by atoms with van der Waals surface area (Å²) >= 11 is 0. The van der Waals surface area contributed by atoms with Gasteiger partial charge in [-0.1, -0.05) is 0 Å². The summed E-state index contributed by atoms with van der Waals surface area (Å²) in [5.74, 6) is 1.10. The molecule has 2 heterocycles. The highest BCUT2D eigenvalue weighted by Gasteiger charge is 2.24. The van der Waals surface area contributed by atoms with Gasteiger partial charge in [0.1, 0.15) is 5.75 Å². The summed E-state index contributed by atoms with van der Waals surface area (Å²) in [6.45, 7) is 4.57. The first-order valence-electron chi connectivity index (χ1n) is 9.37. The molecule has 0 aliphatic carbocycles. The van der Waals surface area contributed by atoms with Crippen LogP contribution in [0.25, 0.3) is 0 Å². The number of nitrogens with one attached hydrogen (secondary N) is 1. The second-order valence-corrected chi connectivity index (χ2v) is 6.64. The lowest BCUT2D eigenvalue weighted by atomic mass is 9.96. The number of benzene rings is 1. The van der Waals surface area contributed by atoms with Gasteiger partial charge in [-0.15, -0.1) is 0 Å². The van der Waals surface area contributed by atoms with Crippen molar-refractivity contribution in [1.29, 1.82) is 0 Å². The van der Waals surface area contributed by atoms with Crippen molar-refractivity contribution in [2.75, 3.05) is 26.2 Å². The first-order valence-corrected chi connectivity index (χ1v) is 9.37. The van der Waals surface area contributed by atoms with E-state index in [1.807, 2.05) is 11.8 Å². The molecule has 1 aromatic carbocycles. The molecule has 1 aliphatic rings. The molecule has 0 saturated carbocycles. The van der Waals surface area contributed by atoms with Crippen LogP contribution in [-0.4, -0.2) is 47.9 Å². The number of rotatable bonds is 6. The molecule has 0 unspecified atom stereocenters. The Morgan fingerprint density at radius 3 is 2.52 bits per heavy atom. The predicted molar refractivity (Wildman–Crippen MR) is 103 cm³/mol. The molecule has 6 nitrogen and oxygen atoms in total. The van der Waals surface area contributed by atoms with Crippen molar-refractivity contribution in [2.45, 2.75) is 19.8 Å². The first-order chi connectivity index (χ1) is 13.2. The third-order valence-electron chi connectivity index (χ3n) is 4.79. The molecule has 6 heteroatoms. The van der Waals surface area contributed by atoms with Crippen molar-refractivity contribution in [2.24, 2.45) is 5.92 Å². The average molecular weight is 367 g/mol. The minimum absolute atomic E-state index is 0.0278. The molecule has 0 bridgehead atoms.